The van der Waals surface area contributed by atoms with Crippen LogP contribution in [0.15, 0.2) is 54.5 Å². The molecule has 0 spiro atoms. The Morgan fingerprint density at radius 2 is 2.00 bits per heavy atom. The Labute approximate surface area is 107 Å². The van der Waals surface area contributed by atoms with Crippen molar-refractivity contribution in [3.63, 3.8) is 0 Å². The highest BCUT2D eigenvalue weighted by molar-refractivity contribution is 7.99. The number of para-hydroxylation sites is 1. The molecule has 0 atom stereocenters. The van der Waals surface area contributed by atoms with Crippen molar-refractivity contribution < 1.29 is 0 Å². The first kappa shape index (κ1) is 12.1. The van der Waals surface area contributed by atoms with E-state index in [-0.39, 0.29) is 0 Å². The third-order valence-corrected chi connectivity index (χ3v) is 4.01. The van der Waals surface area contributed by atoms with Gasteiger partial charge in [0.1, 0.15) is 0 Å². The number of fused-ring (bicyclic) bond motifs is 1. The van der Waals surface area contributed by atoms with Crippen molar-refractivity contribution in [3.8, 4) is 0 Å². The van der Waals surface area contributed by atoms with Gasteiger partial charge in [-0.3, -0.25) is 0 Å². The number of benzene rings is 1. The van der Waals surface area contributed by atoms with Crippen molar-refractivity contribution in [2.75, 3.05) is 5.75 Å². The van der Waals surface area contributed by atoms with Gasteiger partial charge in [0, 0.05) is 40.7 Å². The van der Waals surface area contributed by atoms with Crippen LogP contribution < -0.4 is 0 Å². The average Bonchev–Trinajstić information content (AvgIpc) is 2.62. The fourth-order valence-electron chi connectivity index (χ4n) is 2.08. The Bertz CT molecular complexity index is 551. The minimum absolute atomic E-state index is 0.907. The maximum atomic E-state index is 3.85. The molecule has 0 radical (unpaired) electrons. The van der Waals surface area contributed by atoms with E-state index in [0.717, 1.165) is 12.2 Å². The fraction of sp³-hybridized carbons (Fsp3) is 0.200. The zero-order valence-electron chi connectivity index (χ0n) is 10.1. The molecule has 0 bridgehead atoms. The van der Waals surface area contributed by atoms with Crippen LogP contribution in [0.2, 0.25) is 0 Å². The largest absolute Gasteiger partial charge is 0.346 e. The summed E-state index contributed by atoms with van der Waals surface area (Å²) in [6.07, 6.45) is 4.82. The van der Waals surface area contributed by atoms with Crippen LogP contribution in [0.5, 0.6) is 0 Å². The quantitative estimate of drug-likeness (QED) is 0.563. The number of aromatic nitrogens is 1. The van der Waals surface area contributed by atoms with E-state index < -0.39 is 0 Å². The van der Waals surface area contributed by atoms with Crippen LogP contribution in [-0.4, -0.2) is 10.3 Å². The summed E-state index contributed by atoms with van der Waals surface area (Å²) in [6, 6.07) is 8.53. The molecule has 0 amide bonds. The number of hydrogen-bond donors (Lipinski definition) is 0. The molecule has 0 saturated heterocycles. The average molecular weight is 243 g/mol. The van der Waals surface area contributed by atoms with Gasteiger partial charge in [-0.1, -0.05) is 30.4 Å². The van der Waals surface area contributed by atoms with Gasteiger partial charge >= 0.3 is 0 Å². The predicted molar refractivity (Wildman–Crippen MR) is 77.7 cm³/mol. The molecular weight excluding hydrogens is 226 g/mol. The van der Waals surface area contributed by atoms with Crippen LogP contribution in [0.4, 0.5) is 0 Å². The lowest BCUT2D eigenvalue weighted by atomic mass is 10.2. The Morgan fingerprint density at radius 1 is 1.24 bits per heavy atom. The molecule has 2 rings (SSSR count). The van der Waals surface area contributed by atoms with Crippen LogP contribution in [0.3, 0.4) is 0 Å². The highest BCUT2D eigenvalue weighted by Crippen LogP contribution is 2.34. The number of aryl methyl sites for hydroxylation is 1. The Morgan fingerprint density at radius 3 is 2.71 bits per heavy atom. The van der Waals surface area contributed by atoms with Crippen LogP contribution in [0.1, 0.15) is 5.69 Å². The van der Waals surface area contributed by atoms with E-state index in [1.54, 1.807) is 0 Å². The topological polar surface area (TPSA) is 4.93 Å². The molecule has 0 aliphatic carbocycles. The molecule has 0 aliphatic rings. The van der Waals surface area contributed by atoms with Gasteiger partial charge in [0.2, 0.25) is 0 Å². The predicted octanol–water partition coefficient (Wildman–Crippen LogP) is 4.18. The smallest absolute Gasteiger partial charge is 0.0491 e. The third-order valence-electron chi connectivity index (χ3n) is 2.86. The lowest BCUT2D eigenvalue weighted by Gasteiger charge is -2.04. The van der Waals surface area contributed by atoms with Gasteiger partial charge in [-0.05, 0) is 6.07 Å². The molecule has 0 N–H and O–H groups in total. The summed E-state index contributed by atoms with van der Waals surface area (Å²) in [6.45, 7) is 7.64. The molecule has 1 aromatic carbocycles. The van der Waals surface area contributed by atoms with Crippen LogP contribution in [0, 0.1) is 0 Å². The molecule has 88 valence electrons. The van der Waals surface area contributed by atoms with Crippen molar-refractivity contribution in [2.24, 2.45) is 7.05 Å². The van der Waals surface area contributed by atoms with E-state index in [1.807, 2.05) is 23.9 Å². The van der Waals surface area contributed by atoms with Crippen molar-refractivity contribution in [1.29, 1.82) is 0 Å². The molecule has 1 nitrogen and oxygen atoms in total. The maximum absolute atomic E-state index is 3.85. The minimum atomic E-state index is 0.907. The monoisotopic (exact) mass is 243 g/mol. The summed E-state index contributed by atoms with van der Waals surface area (Å²) in [4.78, 5) is 1.36. The second kappa shape index (κ2) is 5.28. The maximum Gasteiger partial charge on any atom is 0.0491 e. The molecule has 2 heteroatoms. The van der Waals surface area contributed by atoms with Crippen molar-refractivity contribution >= 4 is 22.7 Å². The van der Waals surface area contributed by atoms with Gasteiger partial charge in [-0.25, -0.2) is 0 Å². The fourth-order valence-corrected chi connectivity index (χ4v) is 3.08. The highest BCUT2D eigenvalue weighted by atomic mass is 32.2. The zero-order chi connectivity index (χ0) is 12.3. The van der Waals surface area contributed by atoms with Crippen LogP contribution >= 0.6 is 11.8 Å². The molecule has 1 heterocycles. The van der Waals surface area contributed by atoms with Crippen molar-refractivity contribution in [1.82, 2.24) is 4.57 Å². The lowest BCUT2D eigenvalue weighted by molar-refractivity contribution is 0.870. The second-order valence-corrected chi connectivity index (χ2v) is 4.97. The molecule has 0 unspecified atom stereocenters. The first-order valence-electron chi connectivity index (χ1n) is 5.70. The summed E-state index contributed by atoms with van der Waals surface area (Å²) >= 11 is 1.85. The number of thioether (sulfide) groups is 1. The van der Waals surface area contributed by atoms with E-state index in [1.165, 1.54) is 21.5 Å². The molecule has 0 aliphatic heterocycles. The summed E-state index contributed by atoms with van der Waals surface area (Å²) in [5.74, 6) is 0.943. The second-order valence-electron chi connectivity index (χ2n) is 3.94. The molecular formula is C15H17NS. The Kier molecular flexibility index (Phi) is 3.75. The Hall–Kier alpha value is -1.41. The molecule has 2 aromatic rings. The number of allylic oxidation sites excluding steroid dienone is 1. The van der Waals surface area contributed by atoms with Gasteiger partial charge < -0.3 is 4.57 Å². The highest BCUT2D eigenvalue weighted by Gasteiger charge is 2.13. The summed E-state index contributed by atoms with van der Waals surface area (Å²) < 4.78 is 2.27. The lowest BCUT2D eigenvalue weighted by Crippen LogP contribution is -1.95. The summed E-state index contributed by atoms with van der Waals surface area (Å²) in [5, 5.41) is 1.33. The van der Waals surface area contributed by atoms with E-state index >= 15 is 0 Å². The van der Waals surface area contributed by atoms with E-state index in [0.29, 0.717) is 0 Å². The van der Waals surface area contributed by atoms with E-state index in [9.17, 15) is 0 Å². The normalized spacial score (nSPS) is 10.6. The van der Waals surface area contributed by atoms with Gasteiger partial charge in [0.05, 0.1) is 0 Å². The first-order valence-corrected chi connectivity index (χ1v) is 6.69. The third kappa shape index (κ3) is 2.18. The van der Waals surface area contributed by atoms with Crippen molar-refractivity contribution in [2.45, 2.75) is 11.3 Å². The van der Waals surface area contributed by atoms with E-state index in [2.05, 4.69) is 49.0 Å². The number of nitrogens with zero attached hydrogens (tertiary/aromatic N) is 1. The van der Waals surface area contributed by atoms with Crippen LogP contribution in [0.25, 0.3) is 10.9 Å². The van der Waals surface area contributed by atoms with Gasteiger partial charge in [0.15, 0.2) is 0 Å². The Balaban J connectivity index is 2.61. The SMILES string of the molecule is C=CCSc1c(CC=C)n(C)c2ccccc12. The van der Waals surface area contributed by atoms with Gasteiger partial charge in [-0.2, -0.15) is 0 Å². The van der Waals surface area contributed by atoms with Gasteiger partial charge in [-0.15, -0.1) is 24.9 Å². The first-order chi connectivity index (χ1) is 8.29. The molecule has 0 saturated carbocycles. The standard InChI is InChI=1S/C15H17NS/c1-4-8-14-15(17-11-5-2)12-9-6-7-10-13(12)16(14)3/h4-7,9-10H,1-2,8,11H2,3H3. The van der Waals surface area contributed by atoms with Crippen LogP contribution in [-0.2, 0) is 13.5 Å². The number of hydrogen-bond acceptors (Lipinski definition) is 1. The molecule has 1 aromatic heterocycles. The van der Waals surface area contributed by atoms with Gasteiger partial charge in [0.25, 0.3) is 0 Å². The zero-order valence-corrected chi connectivity index (χ0v) is 11.0. The summed E-state index contributed by atoms with van der Waals surface area (Å²) in [5.41, 5.74) is 2.63. The van der Waals surface area contributed by atoms with E-state index in [4.69, 9.17) is 0 Å². The summed E-state index contributed by atoms with van der Waals surface area (Å²) in [7, 11) is 2.12. The molecule has 17 heavy (non-hydrogen) atoms. The van der Waals surface area contributed by atoms with Crippen molar-refractivity contribution in [3.05, 3.63) is 55.3 Å². The minimum Gasteiger partial charge on any atom is -0.346 e. The number of rotatable bonds is 5. The molecule has 0 fully saturated rings.